The molecule has 1 aliphatic heterocycles. The van der Waals surface area contributed by atoms with Gasteiger partial charge in [0.05, 0.1) is 12.1 Å². The van der Waals surface area contributed by atoms with Gasteiger partial charge in [-0.2, -0.15) is 18.3 Å². The lowest BCUT2D eigenvalue weighted by Crippen LogP contribution is -2.39. The van der Waals surface area contributed by atoms with Crippen LogP contribution >= 0.6 is 11.3 Å². The van der Waals surface area contributed by atoms with Crippen molar-refractivity contribution in [3.63, 3.8) is 0 Å². The van der Waals surface area contributed by atoms with Crippen molar-refractivity contribution in [2.45, 2.75) is 70.5 Å². The van der Waals surface area contributed by atoms with Crippen molar-refractivity contribution in [3.05, 3.63) is 22.2 Å². The highest BCUT2D eigenvalue weighted by molar-refractivity contribution is 7.13. The van der Waals surface area contributed by atoms with Gasteiger partial charge in [0.1, 0.15) is 11.6 Å². The summed E-state index contributed by atoms with van der Waals surface area (Å²) < 4.78 is 43.6. The lowest BCUT2D eigenvalue weighted by Gasteiger charge is -2.30. The molecule has 2 aliphatic rings. The van der Waals surface area contributed by atoms with Gasteiger partial charge in [-0.3, -0.25) is 9.48 Å². The van der Waals surface area contributed by atoms with Crippen LogP contribution in [0.2, 0.25) is 0 Å². The number of carbonyl (C=O) groups is 1. The molecule has 1 fully saturated rings. The van der Waals surface area contributed by atoms with E-state index in [1.165, 1.54) is 11.3 Å². The predicted octanol–water partition coefficient (Wildman–Crippen LogP) is 3.23. The Balaban J connectivity index is 1.14. The van der Waals surface area contributed by atoms with E-state index in [4.69, 9.17) is 4.74 Å². The number of halogens is 3. The number of fused-ring (bicyclic) bond motifs is 1. The number of alkyl halides is 3. The lowest BCUT2D eigenvalue weighted by atomic mass is 9.84. The molecule has 194 valence electrons. The van der Waals surface area contributed by atoms with Crippen LogP contribution in [-0.4, -0.2) is 69.0 Å². The van der Waals surface area contributed by atoms with Crippen molar-refractivity contribution < 1.29 is 22.7 Å². The van der Waals surface area contributed by atoms with Crippen LogP contribution in [0.4, 0.5) is 13.2 Å². The Morgan fingerprint density at radius 3 is 2.60 bits per heavy atom. The SMILES string of the molecule is Cc1nc(CC(=O)NC2CCC(CCN3CCc4nc(OCC(F)(F)F)sc4CC3)CC2)n(C)n1. The molecule has 1 amide bonds. The maximum absolute atomic E-state index is 12.4. The average Bonchev–Trinajstić information content (AvgIpc) is 3.27. The zero-order chi connectivity index (χ0) is 25.0. The highest BCUT2D eigenvalue weighted by atomic mass is 32.1. The minimum atomic E-state index is -4.35. The molecule has 0 saturated heterocycles. The molecule has 1 N–H and O–H groups in total. The van der Waals surface area contributed by atoms with E-state index in [1.807, 2.05) is 6.92 Å². The van der Waals surface area contributed by atoms with E-state index in [9.17, 15) is 18.0 Å². The number of hydrogen-bond donors (Lipinski definition) is 1. The normalized spacial score (nSPS) is 21.4. The third-order valence-corrected chi connectivity index (χ3v) is 7.85. The van der Waals surface area contributed by atoms with Gasteiger partial charge in [0.2, 0.25) is 5.91 Å². The molecular formula is C23H33F3N6O2S. The Kier molecular flexibility index (Phi) is 8.31. The van der Waals surface area contributed by atoms with Gasteiger partial charge in [0.25, 0.3) is 5.19 Å². The first kappa shape index (κ1) is 25.9. The van der Waals surface area contributed by atoms with E-state index < -0.39 is 12.8 Å². The van der Waals surface area contributed by atoms with Crippen LogP contribution in [0.25, 0.3) is 0 Å². The number of ether oxygens (including phenoxy) is 1. The third kappa shape index (κ3) is 7.63. The van der Waals surface area contributed by atoms with E-state index in [-0.39, 0.29) is 23.6 Å². The van der Waals surface area contributed by atoms with Crippen molar-refractivity contribution in [3.8, 4) is 5.19 Å². The number of aryl methyl sites for hydroxylation is 2. The lowest BCUT2D eigenvalue weighted by molar-refractivity contribution is -0.153. The fraction of sp³-hybridized carbons (Fsp3) is 0.739. The Bertz CT molecular complexity index is 975. The van der Waals surface area contributed by atoms with E-state index in [0.29, 0.717) is 17.6 Å². The van der Waals surface area contributed by atoms with Gasteiger partial charge in [0.15, 0.2) is 6.61 Å². The molecule has 1 saturated carbocycles. The zero-order valence-corrected chi connectivity index (χ0v) is 21.1. The van der Waals surface area contributed by atoms with Crippen LogP contribution in [0.3, 0.4) is 0 Å². The number of nitrogens with zero attached hydrogens (tertiary/aromatic N) is 5. The summed E-state index contributed by atoms with van der Waals surface area (Å²) in [7, 11) is 1.80. The molecule has 0 spiro atoms. The summed E-state index contributed by atoms with van der Waals surface area (Å²) in [5.74, 6) is 2.01. The van der Waals surface area contributed by atoms with Crippen LogP contribution in [0.15, 0.2) is 0 Å². The second-order valence-corrected chi connectivity index (χ2v) is 10.6. The van der Waals surface area contributed by atoms with Crippen LogP contribution in [0.5, 0.6) is 5.19 Å². The summed E-state index contributed by atoms with van der Waals surface area (Å²) >= 11 is 1.24. The van der Waals surface area contributed by atoms with Crippen LogP contribution in [0, 0.1) is 12.8 Å². The molecule has 12 heteroatoms. The molecule has 4 rings (SSSR count). The Morgan fingerprint density at radius 1 is 1.17 bits per heavy atom. The quantitative estimate of drug-likeness (QED) is 0.582. The van der Waals surface area contributed by atoms with Gasteiger partial charge in [0, 0.05) is 37.5 Å². The second-order valence-electron chi connectivity index (χ2n) is 9.54. The molecule has 1 aliphatic carbocycles. The molecule has 8 nitrogen and oxygen atoms in total. The summed E-state index contributed by atoms with van der Waals surface area (Å²) in [6, 6.07) is 0.224. The fourth-order valence-corrected chi connectivity index (χ4v) is 5.85. The van der Waals surface area contributed by atoms with Gasteiger partial charge >= 0.3 is 6.18 Å². The molecular weight excluding hydrogens is 481 g/mol. The molecule has 35 heavy (non-hydrogen) atoms. The number of nitrogens with one attached hydrogen (secondary N) is 1. The highest BCUT2D eigenvalue weighted by Gasteiger charge is 2.30. The fourth-order valence-electron chi connectivity index (χ4n) is 4.91. The molecule has 0 unspecified atom stereocenters. The maximum atomic E-state index is 12.4. The number of carbonyl (C=O) groups excluding carboxylic acids is 1. The molecule has 2 aromatic rings. The molecule has 2 aromatic heterocycles. The number of amides is 1. The van der Waals surface area contributed by atoms with Crippen LogP contribution < -0.4 is 10.1 Å². The number of thiazole rings is 1. The van der Waals surface area contributed by atoms with E-state index >= 15 is 0 Å². The summed E-state index contributed by atoms with van der Waals surface area (Å²) in [4.78, 5) is 24.5. The van der Waals surface area contributed by atoms with Gasteiger partial charge in [-0.25, -0.2) is 9.97 Å². The third-order valence-electron chi connectivity index (χ3n) is 6.78. The van der Waals surface area contributed by atoms with E-state index in [2.05, 4.69) is 25.3 Å². The van der Waals surface area contributed by atoms with E-state index in [1.54, 1.807) is 11.7 Å². The first-order valence-corrected chi connectivity index (χ1v) is 13.0. The maximum Gasteiger partial charge on any atom is 0.422 e. The Morgan fingerprint density at radius 2 is 1.91 bits per heavy atom. The predicted molar refractivity (Wildman–Crippen MR) is 125 cm³/mol. The number of rotatable bonds is 8. The molecule has 0 atom stereocenters. The van der Waals surface area contributed by atoms with Crippen molar-refractivity contribution in [2.75, 3.05) is 26.2 Å². The molecule has 0 bridgehead atoms. The monoisotopic (exact) mass is 514 g/mol. The molecule has 3 heterocycles. The minimum Gasteiger partial charge on any atom is -0.460 e. The minimum absolute atomic E-state index is 0.00144. The Labute approximate surface area is 207 Å². The molecule has 0 radical (unpaired) electrons. The largest absolute Gasteiger partial charge is 0.460 e. The zero-order valence-electron chi connectivity index (χ0n) is 20.2. The van der Waals surface area contributed by atoms with Crippen LogP contribution in [0.1, 0.15) is 54.3 Å². The van der Waals surface area contributed by atoms with Crippen molar-refractivity contribution >= 4 is 17.2 Å². The van der Waals surface area contributed by atoms with Gasteiger partial charge in [-0.1, -0.05) is 11.3 Å². The van der Waals surface area contributed by atoms with Crippen molar-refractivity contribution in [2.24, 2.45) is 13.0 Å². The van der Waals surface area contributed by atoms with Gasteiger partial charge in [-0.15, -0.1) is 0 Å². The summed E-state index contributed by atoms with van der Waals surface area (Å²) in [6.45, 7) is 3.29. The van der Waals surface area contributed by atoms with Gasteiger partial charge < -0.3 is 15.0 Å². The van der Waals surface area contributed by atoms with Gasteiger partial charge in [-0.05, 0) is 57.9 Å². The average molecular weight is 515 g/mol. The highest BCUT2D eigenvalue weighted by Crippen LogP contribution is 2.31. The first-order valence-electron chi connectivity index (χ1n) is 12.2. The van der Waals surface area contributed by atoms with Crippen LogP contribution in [-0.2, 0) is 31.1 Å². The number of aromatic nitrogens is 4. The second kappa shape index (κ2) is 11.2. The molecule has 0 aromatic carbocycles. The smallest absolute Gasteiger partial charge is 0.422 e. The van der Waals surface area contributed by atoms with E-state index in [0.717, 1.165) is 75.2 Å². The standard InChI is InChI=1S/C23H33F3N6O2S/c1-15-27-20(31(2)30-15)13-21(33)28-17-5-3-16(4-6-17)7-10-32-11-8-18-19(9-12-32)35-22(29-18)34-14-23(24,25)26/h16-17H,3-14H2,1-2H3,(H,28,33). The summed E-state index contributed by atoms with van der Waals surface area (Å²) in [5.41, 5.74) is 0.877. The first-order chi connectivity index (χ1) is 16.6. The number of hydrogen-bond acceptors (Lipinski definition) is 7. The van der Waals surface area contributed by atoms with Crippen molar-refractivity contribution in [1.82, 2.24) is 30.0 Å². The van der Waals surface area contributed by atoms with Crippen molar-refractivity contribution in [1.29, 1.82) is 0 Å². The topological polar surface area (TPSA) is 85.2 Å². The summed E-state index contributed by atoms with van der Waals surface area (Å²) in [5, 5.41) is 7.47. The summed E-state index contributed by atoms with van der Waals surface area (Å²) in [6.07, 6.45) is 2.78. The Hall–Kier alpha value is -2.21.